The predicted molar refractivity (Wildman–Crippen MR) is 68.6 cm³/mol. The van der Waals surface area contributed by atoms with Gasteiger partial charge in [0.2, 0.25) is 0 Å². The Labute approximate surface area is 102 Å². The molecule has 1 heterocycles. The molecule has 1 aromatic carbocycles. The van der Waals surface area contributed by atoms with Crippen LogP contribution in [-0.2, 0) is 4.74 Å². The summed E-state index contributed by atoms with van der Waals surface area (Å²) in [5.74, 6) is 0. The van der Waals surface area contributed by atoms with Gasteiger partial charge in [0.15, 0.2) is 0 Å². The molecule has 1 aromatic rings. The summed E-state index contributed by atoms with van der Waals surface area (Å²) in [4.78, 5) is 0. The van der Waals surface area contributed by atoms with Crippen LogP contribution in [0.4, 0.5) is 0 Å². The Hall–Kier alpha value is -0.790. The van der Waals surface area contributed by atoms with E-state index in [4.69, 9.17) is 16.3 Å². The van der Waals surface area contributed by atoms with Gasteiger partial charge in [-0.25, -0.2) is 0 Å². The minimum absolute atomic E-state index is 0.0767. The summed E-state index contributed by atoms with van der Waals surface area (Å²) in [7, 11) is 0. The molecule has 0 amide bonds. The van der Waals surface area contributed by atoms with Crippen LogP contribution in [0.15, 0.2) is 30.3 Å². The first-order valence-electron chi connectivity index (χ1n) is 5.52. The number of halogens is 1. The summed E-state index contributed by atoms with van der Waals surface area (Å²) in [6.07, 6.45) is 4.27. The fraction of sp³-hybridized carbons (Fsp3) is 0.429. The third kappa shape index (κ3) is 2.31. The summed E-state index contributed by atoms with van der Waals surface area (Å²) in [6.45, 7) is 7.42. The van der Waals surface area contributed by atoms with Gasteiger partial charge in [-0.3, -0.25) is 0 Å². The molecule has 16 heavy (non-hydrogen) atoms. The van der Waals surface area contributed by atoms with E-state index in [0.717, 1.165) is 17.2 Å². The molecule has 1 nitrogen and oxygen atoms in total. The van der Waals surface area contributed by atoms with E-state index in [9.17, 15) is 0 Å². The number of benzene rings is 1. The van der Waals surface area contributed by atoms with E-state index in [1.54, 1.807) is 0 Å². The molecule has 0 bridgehead atoms. The smallest absolute Gasteiger partial charge is 0.115 e. The summed E-state index contributed by atoms with van der Waals surface area (Å²) in [5, 5.41) is 0.769. The van der Waals surface area contributed by atoms with E-state index >= 15 is 0 Å². The maximum absolute atomic E-state index is 5.84. The van der Waals surface area contributed by atoms with Gasteiger partial charge in [0.25, 0.3) is 0 Å². The minimum atomic E-state index is -0.0767. The summed E-state index contributed by atoms with van der Waals surface area (Å²) in [6, 6.07) is 7.83. The zero-order valence-corrected chi connectivity index (χ0v) is 10.7. The van der Waals surface area contributed by atoms with Crippen molar-refractivity contribution >= 4 is 17.7 Å². The van der Waals surface area contributed by atoms with E-state index in [2.05, 4.69) is 32.9 Å². The molecular weight excluding hydrogens is 220 g/mol. The SMILES string of the molecule is CC(C)(C)C1(C=Cc2ccc(Cl)cc2)CO1. The van der Waals surface area contributed by atoms with Crippen molar-refractivity contribution in [2.45, 2.75) is 26.4 Å². The predicted octanol–water partition coefficient (Wildman–Crippen LogP) is 4.17. The van der Waals surface area contributed by atoms with Gasteiger partial charge in [0.1, 0.15) is 5.60 Å². The van der Waals surface area contributed by atoms with Crippen molar-refractivity contribution in [1.29, 1.82) is 0 Å². The Morgan fingerprint density at radius 1 is 1.25 bits per heavy atom. The van der Waals surface area contributed by atoms with Crippen LogP contribution in [0.25, 0.3) is 6.08 Å². The molecule has 1 saturated heterocycles. The molecule has 1 aliphatic rings. The first kappa shape index (κ1) is 11.7. The highest BCUT2D eigenvalue weighted by atomic mass is 35.5. The monoisotopic (exact) mass is 236 g/mol. The summed E-state index contributed by atoms with van der Waals surface area (Å²) >= 11 is 5.84. The first-order valence-corrected chi connectivity index (χ1v) is 5.90. The van der Waals surface area contributed by atoms with Crippen LogP contribution in [0, 0.1) is 5.41 Å². The standard InChI is InChI=1S/C14H17ClO/c1-13(2,3)14(10-16-14)9-8-11-4-6-12(15)7-5-11/h4-9H,10H2,1-3H3. The van der Waals surface area contributed by atoms with E-state index < -0.39 is 0 Å². The number of epoxide rings is 1. The Balaban J connectivity index is 2.13. The van der Waals surface area contributed by atoms with Crippen molar-refractivity contribution in [2.75, 3.05) is 6.61 Å². The molecule has 1 aliphatic heterocycles. The van der Waals surface area contributed by atoms with Crippen LogP contribution >= 0.6 is 11.6 Å². The molecule has 0 saturated carbocycles. The van der Waals surface area contributed by atoms with Gasteiger partial charge in [-0.1, -0.05) is 50.6 Å². The normalized spacial score (nSPS) is 25.0. The second-order valence-electron chi connectivity index (χ2n) is 5.31. The second-order valence-corrected chi connectivity index (χ2v) is 5.75. The minimum Gasteiger partial charge on any atom is -0.365 e. The Bertz CT molecular complexity index is 394. The number of rotatable bonds is 2. The highest BCUT2D eigenvalue weighted by molar-refractivity contribution is 6.30. The van der Waals surface area contributed by atoms with Crippen molar-refractivity contribution in [1.82, 2.24) is 0 Å². The van der Waals surface area contributed by atoms with Crippen molar-refractivity contribution in [3.8, 4) is 0 Å². The van der Waals surface area contributed by atoms with Gasteiger partial charge >= 0.3 is 0 Å². The fourth-order valence-corrected chi connectivity index (χ4v) is 1.79. The van der Waals surface area contributed by atoms with E-state index in [1.165, 1.54) is 0 Å². The molecule has 1 unspecified atom stereocenters. The first-order chi connectivity index (χ1) is 7.43. The molecule has 1 atom stereocenters. The third-order valence-electron chi connectivity index (χ3n) is 3.14. The molecular formula is C14H17ClO. The zero-order chi connectivity index (χ0) is 11.8. The zero-order valence-electron chi connectivity index (χ0n) is 9.96. The quantitative estimate of drug-likeness (QED) is 0.703. The van der Waals surface area contributed by atoms with E-state index in [0.29, 0.717) is 0 Å². The van der Waals surface area contributed by atoms with Crippen molar-refractivity contribution in [3.05, 3.63) is 40.9 Å². The number of hydrogen-bond acceptors (Lipinski definition) is 1. The maximum Gasteiger partial charge on any atom is 0.115 e. The molecule has 1 fully saturated rings. The van der Waals surface area contributed by atoms with Gasteiger partial charge < -0.3 is 4.74 Å². The second kappa shape index (κ2) is 3.90. The molecule has 0 N–H and O–H groups in total. The van der Waals surface area contributed by atoms with Crippen LogP contribution in [0.2, 0.25) is 5.02 Å². The maximum atomic E-state index is 5.84. The molecule has 86 valence electrons. The van der Waals surface area contributed by atoms with Crippen molar-refractivity contribution < 1.29 is 4.74 Å². The van der Waals surface area contributed by atoms with Crippen LogP contribution in [0.3, 0.4) is 0 Å². The number of ether oxygens (including phenoxy) is 1. The van der Waals surface area contributed by atoms with Gasteiger partial charge in [-0.2, -0.15) is 0 Å². The molecule has 2 rings (SSSR count). The van der Waals surface area contributed by atoms with Gasteiger partial charge in [0.05, 0.1) is 6.61 Å². The van der Waals surface area contributed by atoms with Gasteiger partial charge in [-0.05, 0) is 29.2 Å². The average molecular weight is 237 g/mol. The van der Waals surface area contributed by atoms with Crippen LogP contribution in [-0.4, -0.2) is 12.2 Å². The molecule has 0 aromatic heterocycles. The lowest BCUT2D eigenvalue weighted by Gasteiger charge is -2.24. The molecule has 0 spiro atoms. The molecule has 0 aliphatic carbocycles. The van der Waals surface area contributed by atoms with Gasteiger partial charge in [-0.15, -0.1) is 0 Å². The lowest BCUT2D eigenvalue weighted by atomic mass is 9.80. The highest BCUT2D eigenvalue weighted by Gasteiger charge is 2.51. The summed E-state index contributed by atoms with van der Waals surface area (Å²) in [5.41, 5.74) is 1.23. The summed E-state index contributed by atoms with van der Waals surface area (Å²) < 4.78 is 5.59. The number of hydrogen-bond donors (Lipinski definition) is 0. The Morgan fingerprint density at radius 2 is 1.81 bits per heavy atom. The Morgan fingerprint density at radius 3 is 2.25 bits per heavy atom. The van der Waals surface area contributed by atoms with Crippen LogP contribution in [0.1, 0.15) is 26.3 Å². The van der Waals surface area contributed by atoms with Crippen LogP contribution < -0.4 is 0 Å². The Kier molecular flexibility index (Phi) is 2.85. The molecule has 0 radical (unpaired) electrons. The van der Waals surface area contributed by atoms with E-state index in [-0.39, 0.29) is 11.0 Å². The van der Waals surface area contributed by atoms with Gasteiger partial charge in [0, 0.05) is 5.02 Å². The largest absolute Gasteiger partial charge is 0.365 e. The van der Waals surface area contributed by atoms with Crippen molar-refractivity contribution in [2.24, 2.45) is 5.41 Å². The topological polar surface area (TPSA) is 12.5 Å². The lowest BCUT2D eigenvalue weighted by Crippen LogP contribution is -2.27. The third-order valence-corrected chi connectivity index (χ3v) is 3.39. The van der Waals surface area contributed by atoms with Crippen LogP contribution in [0.5, 0.6) is 0 Å². The average Bonchev–Trinajstić information content (AvgIpc) is 2.97. The van der Waals surface area contributed by atoms with Crippen molar-refractivity contribution in [3.63, 3.8) is 0 Å². The highest BCUT2D eigenvalue weighted by Crippen LogP contribution is 2.45. The fourth-order valence-electron chi connectivity index (χ4n) is 1.66. The van der Waals surface area contributed by atoms with E-state index in [1.807, 2.05) is 24.3 Å². The molecule has 2 heteroatoms. The lowest BCUT2D eigenvalue weighted by molar-refractivity contribution is 0.201.